The molecule has 1 aromatic rings. The zero-order valence-corrected chi connectivity index (χ0v) is 14.6. The largest absolute Gasteiger partial charge is 0.370 e. The third kappa shape index (κ3) is 3.79. The highest BCUT2D eigenvalue weighted by molar-refractivity contribution is 9.10. The van der Waals surface area contributed by atoms with Gasteiger partial charge >= 0.3 is 0 Å². The van der Waals surface area contributed by atoms with Gasteiger partial charge in [0, 0.05) is 35.8 Å². The number of rotatable bonds is 5. The fourth-order valence-corrected chi connectivity index (χ4v) is 4.96. The molecule has 0 radical (unpaired) electrons. The Labute approximate surface area is 135 Å². The van der Waals surface area contributed by atoms with E-state index in [2.05, 4.69) is 38.3 Å². The monoisotopic (exact) mass is 372 g/mol. The highest BCUT2D eigenvalue weighted by Gasteiger charge is 2.31. The summed E-state index contributed by atoms with van der Waals surface area (Å²) in [4.78, 5) is 2.14. The number of sulfone groups is 1. The molecule has 1 atom stereocenters. The average molecular weight is 373 g/mol. The first kappa shape index (κ1) is 15.3. The maximum Gasteiger partial charge on any atom is 0.152 e. The standard InChI is InChI=1S/C15H21BrN2O2S/c1-18(14-6-7-21(19,20)10-14)15-8-12(16)3-2-11(15)9-17-13-4-5-13/h2-3,8,13-14,17H,4-7,9-10H2,1H3. The first-order chi connectivity index (χ1) is 9.94. The fourth-order valence-electron chi connectivity index (χ4n) is 2.83. The summed E-state index contributed by atoms with van der Waals surface area (Å²) in [6.45, 7) is 0.844. The van der Waals surface area contributed by atoms with Crippen molar-refractivity contribution in [2.75, 3.05) is 23.5 Å². The molecule has 2 fully saturated rings. The van der Waals surface area contributed by atoms with Crippen molar-refractivity contribution in [3.63, 3.8) is 0 Å². The Morgan fingerprint density at radius 3 is 2.71 bits per heavy atom. The van der Waals surface area contributed by atoms with Crippen LogP contribution in [0.5, 0.6) is 0 Å². The van der Waals surface area contributed by atoms with Gasteiger partial charge in [-0.1, -0.05) is 22.0 Å². The molecule has 1 saturated carbocycles. The van der Waals surface area contributed by atoms with E-state index >= 15 is 0 Å². The molecule has 1 N–H and O–H groups in total. The van der Waals surface area contributed by atoms with Crippen molar-refractivity contribution >= 4 is 31.5 Å². The maximum atomic E-state index is 11.7. The molecule has 1 aromatic carbocycles. The summed E-state index contributed by atoms with van der Waals surface area (Å²) >= 11 is 3.52. The Hall–Kier alpha value is -0.590. The van der Waals surface area contributed by atoms with E-state index in [0.717, 1.165) is 23.1 Å². The summed E-state index contributed by atoms with van der Waals surface area (Å²) in [5.41, 5.74) is 2.36. The minimum absolute atomic E-state index is 0.0870. The molecule has 1 aliphatic carbocycles. The Morgan fingerprint density at radius 2 is 2.10 bits per heavy atom. The van der Waals surface area contributed by atoms with Gasteiger partial charge in [0.15, 0.2) is 9.84 Å². The van der Waals surface area contributed by atoms with Crippen molar-refractivity contribution in [3.8, 4) is 0 Å². The van der Waals surface area contributed by atoms with Crippen molar-refractivity contribution in [1.82, 2.24) is 5.32 Å². The van der Waals surface area contributed by atoms with Gasteiger partial charge in [-0.2, -0.15) is 0 Å². The zero-order chi connectivity index (χ0) is 15.0. The second kappa shape index (κ2) is 5.89. The minimum atomic E-state index is -2.86. The SMILES string of the molecule is CN(c1cc(Br)ccc1CNC1CC1)C1CCS(=O)(=O)C1. The van der Waals surface area contributed by atoms with Gasteiger partial charge in [0.05, 0.1) is 11.5 Å². The number of nitrogens with zero attached hydrogens (tertiary/aromatic N) is 1. The molecular weight excluding hydrogens is 352 g/mol. The Morgan fingerprint density at radius 1 is 1.33 bits per heavy atom. The van der Waals surface area contributed by atoms with Gasteiger partial charge in [0.25, 0.3) is 0 Å². The smallest absolute Gasteiger partial charge is 0.152 e. The normalized spacial score (nSPS) is 24.2. The quantitative estimate of drug-likeness (QED) is 0.861. The summed E-state index contributed by atoms with van der Waals surface area (Å²) < 4.78 is 24.4. The van der Waals surface area contributed by atoms with Crippen molar-refractivity contribution < 1.29 is 8.42 Å². The van der Waals surface area contributed by atoms with Crippen LogP contribution in [0.2, 0.25) is 0 Å². The van der Waals surface area contributed by atoms with Crippen LogP contribution >= 0.6 is 15.9 Å². The molecule has 116 valence electrons. The molecule has 0 aromatic heterocycles. The molecule has 0 spiro atoms. The maximum absolute atomic E-state index is 11.7. The summed E-state index contributed by atoms with van der Waals surface area (Å²) in [7, 11) is -0.848. The van der Waals surface area contributed by atoms with E-state index in [-0.39, 0.29) is 11.8 Å². The lowest BCUT2D eigenvalue weighted by molar-refractivity contribution is 0.600. The van der Waals surface area contributed by atoms with Crippen LogP contribution in [0.25, 0.3) is 0 Å². The lowest BCUT2D eigenvalue weighted by Gasteiger charge is -2.28. The Balaban J connectivity index is 1.79. The second-order valence-electron chi connectivity index (χ2n) is 6.10. The van der Waals surface area contributed by atoms with E-state index in [1.807, 2.05) is 13.1 Å². The molecule has 1 aliphatic heterocycles. The number of halogens is 1. The van der Waals surface area contributed by atoms with Crippen molar-refractivity contribution in [3.05, 3.63) is 28.2 Å². The first-order valence-electron chi connectivity index (χ1n) is 7.40. The molecule has 1 unspecified atom stereocenters. The molecule has 0 bridgehead atoms. The highest BCUT2D eigenvalue weighted by atomic mass is 79.9. The molecule has 2 aliphatic rings. The third-order valence-electron chi connectivity index (χ3n) is 4.34. The topological polar surface area (TPSA) is 49.4 Å². The molecule has 3 rings (SSSR count). The van der Waals surface area contributed by atoms with Crippen LogP contribution in [-0.2, 0) is 16.4 Å². The summed E-state index contributed by atoms with van der Waals surface area (Å²) in [6, 6.07) is 7.01. The molecule has 1 heterocycles. The number of hydrogen-bond donors (Lipinski definition) is 1. The average Bonchev–Trinajstić information content (AvgIpc) is 3.19. The predicted molar refractivity (Wildman–Crippen MR) is 89.5 cm³/mol. The van der Waals surface area contributed by atoms with Crippen LogP contribution in [0, 0.1) is 0 Å². The van der Waals surface area contributed by atoms with Gasteiger partial charge in [-0.15, -0.1) is 0 Å². The van der Waals surface area contributed by atoms with Crippen LogP contribution in [-0.4, -0.2) is 39.1 Å². The van der Waals surface area contributed by atoms with E-state index in [4.69, 9.17) is 0 Å². The molecule has 0 amide bonds. The Kier molecular flexibility index (Phi) is 4.30. The lowest BCUT2D eigenvalue weighted by atomic mass is 10.1. The number of benzene rings is 1. The van der Waals surface area contributed by atoms with Crippen LogP contribution in [0.15, 0.2) is 22.7 Å². The molecule has 21 heavy (non-hydrogen) atoms. The van der Waals surface area contributed by atoms with Crippen LogP contribution in [0.4, 0.5) is 5.69 Å². The van der Waals surface area contributed by atoms with E-state index < -0.39 is 9.84 Å². The number of nitrogens with one attached hydrogen (secondary N) is 1. The molecule has 4 nitrogen and oxygen atoms in total. The van der Waals surface area contributed by atoms with Crippen LogP contribution in [0.1, 0.15) is 24.8 Å². The number of anilines is 1. The van der Waals surface area contributed by atoms with E-state index in [1.54, 1.807) is 0 Å². The van der Waals surface area contributed by atoms with Crippen LogP contribution < -0.4 is 10.2 Å². The third-order valence-corrected chi connectivity index (χ3v) is 6.59. The predicted octanol–water partition coefficient (Wildman–Crippen LogP) is 2.32. The summed E-state index contributed by atoms with van der Waals surface area (Å²) in [5.74, 6) is 0.581. The van der Waals surface area contributed by atoms with E-state index in [1.165, 1.54) is 18.4 Å². The van der Waals surface area contributed by atoms with Gasteiger partial charge in [0.1, 0.15) is 0 Å². The van der Waals surface area contributed by atoms with Gasteiger partial charge in [-0.3, -0.25) is 0 Å². The van der Waals surface area contributed by atoms with Crippen molar-refractivity contribution in [1.29, 1.82) is 0 Å². The second-order valence-corrected chi connectivity index (χ2v) is 9.24. The first-order valence-corrected chi connectivity index (χ1v) is 10.0. The fraction of sp³-hybridized carbons (Fsp3) is 0.600. The zero-order valence-electron chi connectivity index (χ0n) is 12.2. The Bertz CT molecular complexity index is 629. The van der Waals surface area contributed by atoms with Gasteiger partial charge < -0.3 is 10.2 Å². The summed E-state index contributed by atoms with van der Waals surface area (Å²) in [5, 5.41) is 3.53. The van der Waals surface area contributed by atoms with Gasteiger partial charge in [-0.25, -0.2) is 8.42 Å². The number of hydrogen-bond acceptors (Lipinski definition) is 4. The summed E-state index contributed by atoms with van der Waals surface area (Å²) in [6.07, 6.45) is 3.26. The van der Waals surface area contributed by atoms with Crippen LogP contribution in [0.3, 0.4) is 0 Å². The van der Waals surface area contributed by atoms with Gasteiger partial charge in [0.2, 0.25) is 0 Å². The van der Waals surface area contributed by atoms with Gasteiger partial charge in [-0.05, 0) is 37.0 Å². The van der Waals surface area contributed by atoms with E-state index in [9.17, 15) is 8.42 Å². The molecule has 1 saturated heterocycles. The molecule has 6 heteroatoms. The minimum Gasteiger partial charge on any atom is -0.370 e. The van der Waals surface area contributed by atoms with Crippen molar-refractivity contribution in [2.45, 2.75) is 37.9 Å². The lowest BCUT2D eigenvalue weighted by Crippen LogP contribution is -2.33. The van der Waals surface area contributed by atoms with Crippen molar-refractivity contribution in [2.24, 2.45) is 0 Å². The van der Waals surface area contributed by atoms with E-state index in [0.29, 0.717) is 11.8 Å². The molecular formula is C15H21BrN2O2S. The highest BCUT2D eigenvalue weighted by Crippen LogP contribution is 2.30.